The van der Waals surface area contributed by atoms with Crippen molar-refractivity contribution in [3.05, 3.63) is 57.3 Å². The molecule has 1 amide bonds. The molecule has 0 saturated heterocycles. The van der Waals surface area contributed by atoms with E-state index in [1.165, 1.54) is 25.4 Å². The number of pyridine rings is 1. The Bertz CT molecular complexity index is 706. The van der Waals surface area contributed by atoms with Crippen molar-refractivity contribution in [1.29, 1.82) is 0 Å². The number of carbonyl (C=O) groups excluding carboxylic acids is 2. The number of amides is 1. The van der Waals surface area contributed by atoms with Gasteiger partial charge in [-0.1, -0.05) is 11.6 Å². The summed E-state index contributed by atoms with van der Waals surface area (Å²) in [5.41, 5.74) is 0.839. The molecule has 2 rings (SSSR count). The Morgan fingerprint density at radius 3 is 2.76 bits per heavy atom. The van der Waals surface area contributed by atoms with Crippen LogP contribution in [0.25, 0.3) is 0 Å². The maximum atomic E-state index is 12.1. The fourth-order valence-electron chi connectivity index (χ4n) is 1.61. The standard InChI is InChI=1S/C14H10BrClN2O3/c1-21-14(20)9-7-8(4-5-11(9)16)18-13(19)12-10(15)3-2-6-17-12/h2-7H,1H3,(H,18,19). The van der Waals surface area contributed by atoms with E-state index in [2.05, 4.69) is 31.0 Å². The van der Waals surface area contributed by atoms with Crippen LogP contribution < -0.4 is 5.32 Å². The molecule has 2 aromatic rings. The van der Waals surface area contributed by atoms with Gasteiger partial charge in [0.2, 0.25) is 0 Å². The molecule has 1 heterocycles. The van der Waals surface area contributed by atoms with Gasteiger partial charge in [-0.2, -0.15) is 0 Å². The number of benzene rings is 1. The molecule has 0 atom stereocenters. The molecule has 0 radical (unpaired) electrons. The lowest BCUT2D eigenvalue weighted by molar-refractivity contribution is 0.0600. The predicted molar refractivity (Wildman–Crippen MR) is 82.7 cm³/mol. The fraction of sp³-hybridized carbons (Fsp3) is 0.0714. The van der Waals surface area contributed by atoms with Gasteiger partial charge in [0.1, 0.15) is 5.69 Å². The number of nitrogens with zero attached hydrogens (tertiary/aromatic N) is 1. The summed E-state index contributed by atoms with van der Waals surface area (Å²) >= 11 is 9.17. The average molecular weight is 370 g/mol. The number of anilines is 1. The summed E-state index contributed by atoms with van der Waals surface area (Å²) in [5.74, 6) is -0.976. The molecule has 1 aromatic heterocycles. The summed E-state index contributed by atoms with van der Waals surface area (Å²) in [5, 5.41) is 2.90. The van der Waals surface area contributed by atoms with Crippen LogP contribution in [0.2, 0.25) is 5.02 Å². The number of esters is 1. The number of ether oxygens (including phenoxy) is 1. The van der Waals surface area contributed by atoms with Crippen LogP contribution in [0.3, 0.4) is 0 Å². The molecule has 108 valence electrons. The van der Waals surface area contributed by atoms with Crippen LogP contribution >= 0.6 is 27.5 Å². The number of rotatable bonds is 3. The third kappa shape index (κ3) is 3.59. The van der Waals surface area contributed by atoms with Gasteiger partial charge >= 0.3 is 5.97 Å². The Morgan fingerprint density at radius 2 is 2.10 bits per heavy atom. The molecule has 1 N–H and O–H groups in total. The first kappa shape index (κ1) is 15.5. The number of methoxy groups -OCH3 is 1. The summed E-state index contributed by atoms with van der Waals surface area (Å²) in [7, 11) is 1.26. The first-order chi connectivity index (χ1) is 10.0. The molecule has 21 heavy (non-hydrogen) atoms. The van der Waals surface area contributed by atoms with Crippen LogP contribution in [-0.2, 0) is 4.74 Å². The molecule has 0 bridgehead atoms. The van der Waals surface area contributed by atoms with Crippen molar-refractivity contribution in [3.63, 3.8) is 0 Å². The summed E-state index contributed by atoms with van der Waals surface area (Å²) in [6.07, 6.45) is 1.52. The van der Waals surface area contributed by atoms with Crippen LogP contribution in [0.15, 0.2) is 41.0 Å². The lowest BCUT2D eigenvalue weighted by Crippen LogP contribution is -2.15. The van der Waals surface area contributed by atoms with Crippen molar-refractivity contribution in [2.75, 3.05) is 12.4 Å². The minimum Gasteiger partial charge on any atom is -0.465 e. The summed E-state index contributed by atoms with van der Waals surface area (Å²) in [6.45, 7) is 0. The topological polar surface area (TPSA) is 68.3 Å². The van der Waals surface area contributed by atoms with Gasteiger partial charge in [-0.05, 0) is 46.3 Å². The molecule has 0 aliphatic rings. The highest BCUT2D eigenvalue weighted by Gasteiger charge is 2.15. The van der Waals surface area contributed by atoms with E-state index in [4.69, 9.17) is 11.6 Å². The zero-order valence-corrected chi connectivity index (χ0v) is 13.2. The molecular weight excluding hydrogens is 360 g/mol. The lowest BCUT2D eigenvalue weighted by Gasteiger charge is -2.08. The van der Waals surface area contributed by atoms with Crippen molar-refractivity contribution in [2.24, 2.45) is 0 Å². The number of halogens is 2. The Kier molecular flexibility index (Phi) is 4.93. The van der Waals surface area contributed by atoms with Gasteiger partial charge in [0.15, 0.2) is 0 Å². The molecule has 5 nitrogen and oxygen atoms in total. The van der Waals surface area contributed by atoms with Gasteiger partial charge in [0.05, 0.1) is 17.7 Å². The Balaban J connectivity index is 2.26. The van der Waals surface area contributed by atoms with Crippen LogP contribution in [0, 0.1) is 0 Å². The third-order valence-corrected chi connectivity index (χ3v) is 3.57. The second kappa shape index (κ2) is 6.69. The summed E-state index contributed by atoms with van der Waals surface area (Å²) in [4.78, 5) is 27.7. The van der Waals surface area contributed by atoms with Crippen molar-refractivity contribution in [1.82, 2.24) is 4.98 Å². The Labute approximate surface area is 134 Å². The van der Waals surface area contributed by atoms with E-state index in [-0.39, 0.29) is 16.3 Å². The fourth-order valence-corrected chi connectivity index (χ4v) is 2.24. The van der Waals surface area contributed by atoms with Gasteiger partial charge in [0, 0.05) is 16.4 Å². The second-order valence-corrected chi connectivity index (χ2v) is 5.24. The normalized spacial score (nSPS) is 10.0. The van der Waals surface area contributed by atoms with E-state index < -0.39 is 11.9 Å². The minimum atomic E-state index is -0.574. The van der Waals surface area contributed by atoms with Crippen molar-refractivity contribution in [3.8, 4) is 0 Å². The van der Waals surface area contributed by atoms with Gasteiger partial charge < -0.3 is 10.1 Å². The van der Waals surface area contributed by atoms with E-state index >= 15 is 0 Å². The van der Waals surface area contributed by atoms with Gasteiger partial charge in [-0.25, -0.2) is 9.78 Å². The van der Waals surface area contributed by atoms with Crippen LogP contribution in [0.1, 0.15) is 20.8 Å². The number of carbonyl (C=O) groups is 2. The van der Waals surface area contributed by atoms with E-state index in [9.17, 15) is 9.59 Å². The molecule has 0 unspecified atom stereocenters. The molecule has 1 aromatic carbocycles. The average Bonchev–Trinajstić information content (AvgIpc) is 2.48. The Morgan fingerprint density at radius 1 is 1.33 bits per heavy atom. The molecule has 7 heteroatoms. The number of hydrogen-bond acceptors (Lipinski definition) is 4. The first-order valence-electron chi connectivity index (χ1n) is 5.82. The molecule has 0 aliphatic carbocycles. The predicted octanol–water partition coefficient (Wildman–Crippen LogP) is 3.54. The highest BCUT2D eigenvalue weighted by molar-refractivity contribution is 9.10. The molecular formula is C14H10BrClN2O3. The van der Waals surface area contributed by atoms with E-state index in [0.717, 1.165) is 0 Å². The molecule has 0 fully saturated rings. The second-order valence-electron chi connectivity index (χ2n) is 3.97. The van der Waals surface area contributed by atoms with Crippen molar-refractivity contribution >= 4 is 45.1 Å². The molecule has 0 saturated carbocycles. The van der Waals surface area contributed by atoms with Crippen LogP contribution in [-0.4, -0.2) is 24.0 Å². The van der Waals surface area contributed by atoms with E-state index in [1.54, 1.807) is 18.2 Å². The largest absolute Gasteiger partial charge is 0.465 e. The maximum Gasteiger partial charge on any atom is 0.339 e. The van der Waals surface area contributed by atoms with Crippen LogP contribution in [0.4, 0.5) is 5.69 Å². The number of nitrogens with one attached hydrogen (secondary N) is 1. The molecule has 0 spiro atoms. The number of aromatic nitrogens is 1. The number of hydrogen-bond donors (Lipinski definition) is 1. The Hall–Kier alpha value is -1.92. The van der Waals surface area contributed by atoms with E-state index in [1.807, 2.05) is 0 Å². The lowest BCUT2D eigenvalue weighted by atomic mass is 10.2. The smallest absolute Gasteiger partial charge is 0.339 e. The van der Waals surface area contributed by atoms with Gasteiger partial charge in [-0.15, -0.1) is 0 Å². The van der Waals surface area contributed by atoms with E-state index in [0.29, 0.717) is 10.2 Å². The maximum absolute atomic E-state index is 12.1. The minimum absolute atomic E-state index is 0.178. The van der Waals surface area contributed by atoms with Crippen LogP contribution in [0.5, 0.6) is 0 Å². The summed E-state index contributed by atoms with van der Waals surface area (Å²) in [6, 6.07) is 7.96. The SMILES string of the molecule is COC(=O)c1cc(NC(=O)c2ncccc2Br)ccc1Cl. The zero-order chi connectivity index (χ0) is 15.4. The first-order valence-corrected chi connectivity index (χ1v) is 6.99. The highest BCUT2D eigenvalue weighted by atomic mass is 79.9. The third-order valence-electron chi connectivity index (χ3n) is 2.60. The van der Waals surface area contributed by atoms with Gasteiger partial charge in [-0.3, -0.25) is 4.79 Å². The summed E-state index contributed by atoms with van der Waals surface area (Å²) < 4.78 is 5.20. The zero-order valence-electron chi connectivity index (χ0n) is 10.9. The van der Waals surface area contributed by atoms with Gasteiger partial charge in [0.25, 0.3) is 5.91 Å². The van der Waals surface area contributed by atoms with Crippen molar-refractivity contribution in [2.45, 2.75) is 0 Å². The monoisotopic (exact) mass is 368 g/mol. The quantitative estimate of drug-likeness (QED) is 0.840. The van der Waals surface area contributed by atoms with Crippen molar-refractivity contribution < 1.29 is 14.3 Å². The molecule has 0 aliphatic heterocycles. The highest BCUT2D eigenvalue weighted by Crippen LogP contribution is 2.22.